The molecule has 4 rings (SSSR count). The maximum atomic E-state index is 12.6. The summed E-state index contributed by atoms with van der Waals surface area (Å²) in [5.74, 6) is 0.127. The van der Waals surface area contributed by atoms with Crippen LogP contribution in [0.2, 0.25) is 0 Å². The summed E-state index contributed by atoms with van der Waals surface area (Å²) in [7, 11) is 0. The number of aliphatic hydroxyl groups is 1. The minimum atomic E-state index is -0.955. The van der Waals surface area contributed by atoms with E-state index >= 15 is 0 Å². The van der Waals surface area contributed by atoms with Crippen molar-refractivity contribution in [2.24, 2.45) is 0 Å². The van der Waals surface area contributed by atoms with Gasteiger partial charge < -0.3 is 14.8 Å². The minimum absolute atomic E-state index is 0.285. The van der Waals surface area contributed by atoms with E-state index in [0.29, 0.717) is 17.0 Å². The third kappa shape index (κ3) is 3.32. The van der Waals surface area contributed by atoms with Crippen molar-refractivity contribution in [2.45, 2.75) is 19.4 Å². The van der Waals surface area contributed by atoms with Gasteiger partial charge in [0.25, 0.3) is 5.91 Å². The number of rotatable bonds is 4. The molecule has 7 nitrogen and oxygen atoms in total. The molecule has 0 unspecified atom stereocenters. The lowest BCUT2D eigenvalue weighted by Crippen LogP contribution is -2.17. The Morgan fingerprint density at radius 2 is 1.96 bits per heavy atom. The van der Waals surface area contributed by atoms with Crippen molar-refractivity contribution in [3.8, 4) is 11.3 Å². The summed E-state index contributed by atoms with van der Waals surface area (Å²) >= 11 is 0. The summed E-state index contributed by atoms with van der Waals surface area (Å²) in [5.41, 5.74) is 2.45. The summed E-state index contributed by atoms with van der Waals surface area (Å²) in [6, 6.07) is 12.1. The lowest BCUT2D eigenvalue weighted by atomic mass is 9.97. The van der Waals surface area contributed by atoms with Gasteiger partial charge in [0, 0.05) is 23.3 Å². The van der Waals surface area contributed by atoms with Gasteiger partial charge in [0.1, 0.15) is 5.82 Å². The first kappa shape index (κ1) is 17.0. The third-order valence-corrected chi connectivity index (χ3v) is 4.27. The fourth-order valence-electron chi connectivity index (χ4n) is 2.81. The number of nitrogens with one attached hydrogen (secondary N) is 1. The zero-order chi connectivity index (χ0) is 19.0. The number of carbonyl (C=O) groups excluding carboxylic acids is 1. The van der Waals surface area contributed by atoms with Crippen LogP contribution in [0.25, 0.3) is 16.9 Å². The highest BCUT2D eigenvalue weighted by molar-refractivity contribution is 6.04. The summed E-state index contributed by atoms with van der Waals surface area (Å²) in [6.07, 6.45) is 4.83. The molecule has 0 aliphatic carbocycles. The Morgan fingerprint density at radius 3 is 2.63 bits per heavy atom. The van der Waals surface area contributed by atoms with E-state index in [4.69, 9.17) is 4.42 Å². The number of anilines is 1. The number of nitrogens with zero attached hydrogens (tertiary/aromatic N) is 3. The Hall–Kier alpha value is -3.45. The summed E-state index contributed by atoms with van der Waals surface area (Å²) in [5, 5.41) is 17.1. The number of carbonyl (C=O) groups is 1. The van der Waals surface area contributed by atoms with E-state index in [1.165, 1.54) is 0 Å². The Morgan fingerprint density at radius 1 is 1.19 bits per heavy atom. The SMILES string of the molecule is CC(C)(O)c1ccc(C(=O)Nc2cc(-c3ccoc3)n3nccc3n2)cc1. The molecule has 0 aliphatic heterocycles. The zero-order valence-corrected chi connectivity index (χ0v) is 14.9. The van der Waals surface area contributed by atoms with E-state index in [9.17, 15) is 9.90 Å². The molecule has 3 heterocycles. The van der Waals surface area contributed by atoms with E-state index in [-0.39, 0.29) is 5.91 Å². The van der Waals surface area contributed by atoms with Gasteiger partial charge in [0.05, 0.1) is 30.0 Å². The molecular formula is C20H18N4O3. The fraction of sp³-hybridized carbons (Fsp3) is 0.150. The van der Waals surface area contributed by atoms with E-state index in [0.717, 1.165) is 16.8 Å². The van der Waals surface area contributed by atoms with Crippen LogP contribution in [-0.2, 0) is 5.60 Å². The number of hydrogen-bond donors (Lipinski definition) is 2. The van der Waals surface area contributed by atoms with Gasteiger partial charge in [-0.25, -0.2) is 9.50 Å². The molecule has 7 heteroatoms. The van der Waals surface area contributed by atoms with Gasteiger partial charge in [-0.05, 0) is 37.6 Å². The third-order valence-electron chi connectivity index (χ3n) is 4.27. The van der Waals surface area contributed by atoms with Crippen molar-refractivity contribution >= 4 is 17.4 Å². The largest absolute Gasteiger partial charge is 0.472 e. The average Bonchev–Trinajstić information content (AvgIpc) is 3.32. The molecule has 2 N–H and O–H groups in total. The number of amides is 1. The van der Waals surface area contributed by atoms with Crippen LogP contribution in [-0.4, -0.2) is 25.6 Å². The molecule has 136 valence electrons. The highest BCUT2D eigenvalue weighted by Gasteiger charge is 2.17. The maximum absolute atomic E-state index is 12.6. The molecule has 0 spiro atoms. The lowest BCUT2D eigenvalue weighted by Gasteiger charge is -2.17. The van der Waals surface area contributed by atoms with E-state index in [1.54, 1.807) is 73.5 Å². The molecule has 0 atom stereocenters. The van der Waals surface area contributed by atoms with Crippen LogP contribution in [0.3, 0.4) is 0 Å². The first-order valence-electron chi connectivity index (χ1n) is 8.43. The Bertz CT molecular complexity index is 1090. The zero-order valence-electron chi connectivity index (χ0n) is 14.9. The second-order valence-corrected chi connectivity index (χ2v) is 6.73. The van der Waals surface area contributed by atoms with Gasteiger partial charge in [0.2, 0.25) is 0 Å². The van der Waals surface area contributed by atoms with Crippen molar-refractivity contribution in [1.82, 2.24) is 14.6 Å². The molecule has 4 aromatic rings. The number of furan rings is 1. The molecule has 27 heavy (non-hydrogen) atoms. The highest BCUT2D eigenvalue weighted by Crippen LogP contribution is 2.24. The van der Waals surface area contributed by atoms with Gasteiger partial charge >= 0.3 is 0 Å². The van der Waals surface area contributed by atoms with Crippen LogP contribution in [0.4, 0.5) is 5.82 Å². The highest BCUT2D eigenvalue weighted by atomic mass is 16.3. The predicted octanol–water partition coefficient (Wildman–Crippen LogP) is 3.47. The lowest BCUT2D eigenvalue weighted by molar-refractivity contribution is 0.0785. The number of benzene rings is 1. The minimum Gasteiger partial charge on any atom is -0.472 e. The molecular weight excluding hydrogens is 344 g/mol. The first-order chi connectivity index (χ1) is 12.9. The Balaban J connectivity index is 1.64. The standard InChI is InChI=1S/C20H18N4O3/c1-20(2,26)15-5-3-13(4-6-15)19(25)23-17-11-16(14-8-10-27-12-14)24-18(22-17)7-9-21-24/h3-12,26H,1-2H3,(H,22,23,25). The molecule has 0 saturated carbocycles. The molecule has 3 aromatic heterocycles. The molecule has 1 amide bonds. The van der Waals surface area contributed by atoms with Crippen molar-refractivity contribution in [2.75, 3.05) is 5.32 Å². The van der Waals surface area contributed by atoms with Gasteiger partial charge in [-0.15, -0.1) is 0 Å². The quantitative estimate of drug-likeness (QED) is 0.580. The Kier molecular flexibility index (Phi) is 4.01. The second-order valence-electron chi connectivity index (χ2n) is 6.73. The first-order valence-corrected chi connectivity index (χ1v) is 8.43. The number of fused-ring (bicyclic) bond motifs is 1. The van der Waals surface area contributed by atoms with Crippen molar-refractivity contribution in [1.29, 1.82) is 0 Å². The van der Waals surface area contributed by atoms with Gasteiger partial charge in [0.15, 0.2) is 5.65 Å². The summed E-state index contributed by atoms with van der Waals surface area (Å²) in [6.45, 7) is 3.40. The van der Waals surface area contributed by atoms with Crippen molar-refractivity contribution in [3.05, 3.63) is 72.3 Å². The smallest absolute Gasteiger partial charge is 0.256 e. The molecule has 0 fully saturated rings. The Labute approximate surface area is 155 Å². The topological polar surface area (TPSA) is 92.7 Å². The second kappa shape index (κ2) is 6.37. The molecule has 0 saturated heterocycles. The van der Waals surface area contributed by atoms with E-state index in [2.05, 4.69) is 15.4 Å². The summed E-state index contributed by atoms with van der Waals surface area (Å²) in [4.78, 5) is 17.0. The van der Waals surface area contributed by atoms with Crippen LogP contribution in [0.1, 0.15) is 29.8 Å². The number of hydrogen-bond acceptors (Lipinski definition) is 5. The van der Waals surface area contributed by atoms with Crippen LogP contribution in [0.15, 0.2) is 65.6 Å². The summed E-state index contributed by atoms with van der Waals surface area (Å²) < 4.78 is 6.83. The van der Waals surface area contributed by atoms with Gasteiger partial charge in [-0.1, -0.05) is 12.1 Å². The number of aromatic nitrogens is 3. The normalized spacial score (nSPS) is 11.7. The molecule has 1 aromatic carbocycles. The van der Waals surface area contributed by atoms with E-state index < -0.39 is 5.60 Å². The van der Waals surface area contributed by atoms with Crippen LogP contribution < -0.4 is 5.32 Å². The van der Waals surface area contributed by atoms with Crippen LogP contribution >= 0.6 is 0 Å². The fourth-order valence-corrected chi connectivity index (χ4v) is 2.81. The molecule has 0 bridgehead atoms. The van der Waals surface area contributed by atoms with Crippen LogP contribution in [0, 0.1) is 0 Å². The van der Waals surface area contributed by atoms with Crippen molar-refractivity contribution in [3.63, 3.8) is 0 Å². The predicted molar refractivity (Wildman–Crippen MR) is 100 cm³/mol. The average molecular weight is 362 g/mol. The van der Waals surface area contributed by atoms with E-state index in [1.807, 2.05) is 6.07 Å². The molecule has 0 radical (unpaired) electrons. The van der Waals surface area contributed by atoms with Crippen LogP contribution in [0.5, 0.6) is 0 Å². The monoisotopic (exact) mass is 362 g/mol. The van der Waals surface area contributed by atoms with Crippen molar-refractivity contribution < 1.29 is 14.3 Å². The van der Waals surface area contributed by atoms with Gasteiger partial charge in [-0.2, -0.15) is 5.10 Å². The van der Waals surface area contributed by atoms with Gasteiger partial charge in [-0.3, -0.25) is 4.79 Å². The maximum Gasteiger partial charge on any atom is 0.256 e. The molecule has 0 aliphatic rings.